The predicted molar refractivity (Wildman–Crippen MR) is 70.9 cm³/mol. The lowest BCUT2D eigenvalue weighted by Gasteiger charge is -2.17. The summed E-state index contributed by atoms with van der Waals surface area (Å²) in [5.74, 6) is -1.72. The highest BCUT2D eigenvalue weighted by Gasteiger charge is 2.36. The van der Waals surface area contributed by atoms with Gasteiger partial charge in [-0.2, -0.15) is 0 Å². The number of hydrogen-bond acceptors (Lipinski definition) is 3. The number of hydrogen-bond donors (Lipinski definition) is 0. The zero-order chi connectivity index (χ0) is 14.3. The van der Waals surface area contributed by atoms with Crippen molar-refractivity contribution in [3.8, 4) is 0 Å². The van der Waals surface area contributed by atoms with Crippen molar-refractivity contribution in [2.45, 2.75) is 13.5 Å². The van der Waals surface area contributed by atoms with Crippen LogP contribution < -0.4 is 4.90 Å². The van der Waals surface area contributed by atoms with Gasteiger partial charge in [-0.1, -0.05) is 6.07 Å². The fraction of sp³-hybridized carbons (Fsp3) is 0.133. The number of rotatable bonds is 2. The molecule has 100 valence electrons. The highest BCUT2D eigenvalue weighted by molar-refractivity contribution is 6.52. The molecule has 1 amide bonds. The summed E-state index contributed by atoms with van der Waals surface area (Å²) in [5, 5.41) is 0. The third-order valence-electron chi connectivity index (χ3n) is 3.36. The van der Waals surface area contributed by atoms with E-state index in [4.69, 9.17) is 0 Å². The van der Waals surface area contributed by atoms with Gasteiger partial charge in [0.15, 0.2) is 0 Å². The smallest absolute Gasteiger partial charge is 0.299 e. The van der Waals surface area contributed by atoms with E-state index in [9.17, 15) is 14.0 Å². The summed E-state index contributed by atoms with van der Waals surface area (Å²) >= 11 is 0. The Morgan fingerprint density at radius 2 is 2.05 bits per heavy atom. The largest absolute Gasteiger partial charge is 0.299 e. The quantitative estimate of drug-likeness (QED) is 0.786. The molecule has 5 heteroatoms. The number of pyridine rings is 1. The molecule has 0 spiro atoms. The maximum Gasteiger partial charge on any atom is 0.299 e. The number of carbonyl (C=O) groups is 2. The summed E-state index contributed by atoms with van der Waals surface area (Å²) in [5.41, 5.74) is 2.15. The number of halogens is 1. The number of anilines is 1. The van der Waals surface area contributed by atoms with Crippen LogP contribution in [0.3, 0.4) is 0 Å². The second-order valence-corrected chi connectivity index (χ2v) is 4.65. The number of fused-ring (bicyclic) bond motifs is 1. The van der Waals surface area contributed by atoms with Crippen molar-refractivity contribution < 1.29 is 14.0 Å². The zero-order valence-corrected chi connectivity index (χ0v) is 10.8. The Hall–Kier alpha value is -2.56. The van der Waals surface area contributed by atoms with Gasteiger partial charge in [-0.15, -0.1) is 0 Å². The molecule has 0 aliphatic carbocycles. The van der Waals surface area contributed by atoms with Gasteiger partial charge in [0.05, 0.1) is 23.5 Å². The molecule has 1 aromatic heterocycles. The van der Waals surface area contributed by atoms with Gasteiger partial charge < -0.3 is 0 Å². The Morgan fingerprint density at radius 3 is 2.80 bits per heavy atom. The minimum absolute atomic E-state index is 0.160. The van der Waals surface area contributed by atoms with Crippen molar-refractivity contribution in [2.24, 2.45) is 0 Å². The van der Waals surface area contributed by atoms with E-state index in [2.05, 4.69) is 4.98 Å². The average molecular weight is 270 g/mol. The molecule has 2 heterocycles. The Labute approximate surface area is 114 Å². The standard InChI is InChI=1S/C15H11FN2O2/c1-9-3-2-6-17-12(9)8-18-13-7-10(16)4-5-11(13)14(19)15(18)20/h2-7H,8H2,1H3. The molecule has 0 atom stereocenters. The van der Waals surface area contributed by atoms with E-state index in [-0.39, 0.29) is 12.1 Å². The number of aryl methyl sites for hydroxylation is 1. The molecule has 0 saturated heterocycles. The topological polar surface area (TPSA) is 50.3 Å². The summed E-state index contributed by atoms with van der Waals surface area (Å²) in [4.78, 5) is 29.3. The number of benzene rings is 1. The molecule has 1 aromatic carbocycles. The van der Waals surface area contributed by atoms with Crippen LogP contribution in [-0.2, 0) is 11.3 Å². The highest BCUT2D eigenvalue weighted by Crippen LogP contribution is 2.31. The van der Waals surface area contributed by atoms with Crippen LogP contribution in [0.5, 0.6) is 0 Å². The molecule has 0 radical (unpaired) electrons. The molecule has 1 aliphatic rings. The molecule has 4 nitrogen and oxygen atoms in total. The van der Waals surface area contributed by atoms with Crippen molar-refractivity contribution in [1.82, 2.24) is 4.98 Å². The first-order chi connectivity index (χ1) is 9.58. The van der Waals surface area contributed by atoms with Crippen LogP contribution in [-0.4, -0.2) is 16.7 Å². The first-order valence-electron chi connectivity index (χ1n) is 6.14. The van der Waals surface area contributed by atoms with E-state index in [1.165, 1.54) is 23.1 Å². The number of carbonyl (C=O) groups excluding carboxylic acids is 2. The second-order valence-electron chi connectivity index (χ2n) is 4.65. The first kappa shape index (κ1) is 12.5. The number of Topliss-reactive ketones (excluding diaryl/α,β-unsaturated/α-hetero) is 1. The first-order valence-corrected chi connectivity index (χ1v) is 6.14. The Morgan fingerprint density at radius 1 is 1.25 bits per heavy atom. The Kier molecular flexibility index (Phi) is 2.82. The van der Waals surface area contributed by atoms with Crippen LogP contribution in [0.25, 0.3) is 0 Å². The van der Waals surface area contributed by atoms with E-state index in [1.807, 2.05) is 13.0 Å². The molecule has 20 heavy (non-hydrogen) atoms. The molecule has 0 N–H and O–H groups in total. The number of amides is 1. The van der Waals surface area contributed by atoms with Gasteiger partial charge in [-0.3, -0.25) is 19.5 Å². The minimum atomic E-state index is -0.643. The number of ketones is 1. The normalized spacial score (nSPS) is 13.8. The molecule has 1 aliphatic heterocycles. The summed E-state index contributed by atoms with van der Waals surface area (Å²) in [7, 11) is 0. The van der Waals surface area contributed by atoms with Gasteiger partial charge in [0, 0.05) is 6.20 Å². The monoisotopic (exact) mass is 270 g/mol. The molecule has 0 unspecified atom stereocenters. The van der Waals surface area contributed by atoms with Crippen LogP contribution in [0.15, 0.2) is 36.5 Å². The van der Waals surface area contributed by atoms with Crippen molar-refractivity contribution >= 4 is 17.4 Å². The summed E-state index contributed by atoms with van der Waals surface area (Å²) in [6.45, 7) is 2.03. The van der Waals surface area contributed by atoms with Crippen molar-refractivity contribution in [3.05, 3.63) is 59.2 Å². The van der Waals surface area contributed by atoms with Gasteiger partial charge >= 0.3 is 0 Å². The van der Waals surface area contributed by atoms with E-state index in [0.29, 0.717) is 11.4 Å². The fourth-order valence-electron chi connectivity index (χ4n) is 2.26. The minimum Gasteiger partial charge on any atom is -0.299 e. The van der Waals surface area contributed by atoms with E-state index in [1.54, 1.807) is 12.3 Å². The maximum absolute atomic E-state index is 13.3. The molecule has 3 rings (SSSR count). The lowest BCUT2D eigenvalue weighted by molar-refractivity contribution is -0.114. The summed E-state index contributed by atoms with van der Waals surface area (Å²) in [6, 6.07) is 7.40. The average Bonchev–Trinajstić information content (AvgIpc) is 2.66. The van der Waals surface area contributed by atoms with E-state index in [0.717, 1.165) is 5.56 Å². The maximum atomic E-state index is 13.3. The SMILES string of the molecule is Cc1cccnc1CN1C(=O)C(=O)c2ccc(F)cc21. The van der Waals surface area contributed by atoms with Crippen LogP contribution >= 0.6 is 0 Å². The van der Waals surface area contributed by atoms with Gasteiger partial charge in [0.2, 0.25) is 0 Å². The molecule has 0 bridgehead atoms. The molecular formula is C15H11FN2O2. The van der Waals surface area contributed by atoms with Gasteiger partial charge in [0.25, 0.3) is 11.7 Å². The van der Waals surface area contributed by atoms with Gasteiger partial charge in [0.1, 0.15) is 5.82 Å². The fourth-order valence-corrected chi connectivity index (χ4v) is 2.26. The third-order valence-corrected chi connectivity index (χ3v) is 3.36. The van der Waals surface area contributed by atoms with Crippen LogP contribution in [0.4, 0.5) is 10.1 Å². The predicted octanol–water partition coefficient (Wildman–Crippen LogP) is 2.26. The van der Waals surface area contributed by atoms with Crippen molar-refractivity contribution in [2.75, 3.05) is 4.90 Å². The van der Waals surface area contributed by atoms with Crippen LogP contribution in [0.1, 0.15) is 21.6 Å². The van der Waals surface area contributed by atoms with Gasteiger partial charge in [-0.05, 0) is 36.8 Å². The molecular weight excluding hydrogens is 259 g/mol. The Balaban J connectivity index is 2.03. The highest BCUT2D eigenvalue weighted by atomic mass is 19.1. The molecule has 2 aromatic rings. The summed E-state index contributed by atoms with van der Waals surface area (Å²) < 4.78 is 13.3. The molecule has 0 fully saturated rings. The second kappa shape index (κ2) is 4.52. The van der Waals surface area contributed by atoms with Crippen LogP contribution in [0.2, 0.25) is 0 Å². The zero-order valence-electron chi connectivity index (χ0n) is 10.8. The Bertz CT molecular complexity index is 728. The number of nitrogens with zero attached hydrogens (tertiary/aromatic N) is 2. The molecule has 0 saturated carbocycles. The van der Waals surface area contributed by atoms with Crippen LogP contribution in [0, 0.1) is 12.7 Å². The van der Waals surface area contributed by atoms with E-state index < -0.39 is 17.5 Å². The van der Waals surface area contributed by atoms with Crippen molar-refractivity contribution in [1.29, 1.82) is 0 Å². The van der Waals surface area contributed by atoms with E-state index >= 15 is 0 Å². The van der Waals surface area contributed by atoms with Crippen molar-refractivity contribution in [3.63, 3.8) is 0 Å². The lowest BCUT2D eigenvalue weighted by Crippen LogP contribution is -2.29. The lowest BCUT2D eigenvalue weighted by atomic mass is 10.1. The third kappa shape index (κ3) is 1.87. The van der Waals surface area contributed by atoms with Gasteiger partial charge in [-0.25, -0.2) is 4.39 Å². The summed E-state index contributed by atoms with van der Waals surface area (Å²) in [6.07, 6.45) is 1.62. The number of aromatic nitrogens is 1.